The van der Waals surface area contributed by atoms with E-state index in [2.05, 4.69) is 39.8 Å². The van der Waals surface area contributed by atoms with Crippen LogP contribution in [0, 0.1) is 0 Å². The molecule has 1 atom stereocenters. The lowest BCUT2D eigenvalue weighted by molar-refractivity contribution is -0.120. The first kappa shape index (κ1) is 12.1. The van der Waals surface area contributed by atoms with E-state index < -0.39 is 0 Å². The van der Waals surface area contributed by atoms with Crippen molar-refractivity contribution in [3.8, 4) is 0 Å². The van der Waals surface area contributed by atoms with Gasteiger partial charge in [0.15, 0.2) is 0 Å². The summed E-state index contributed by atoms with van der Waals surface area (Å²) >= 11 is 0. The second kappa shape index (κ2) is 5.80. The van der Waals surface area contributed by atoms with Gasteiger partial charge in [0.2, 0.25) is 5.91 Å². The molecule has 1 aliphatic rings. The van der Waals surface area contributed by atoms with Crippen LogP contribution in [0.25, 0.3) is 0 Å². The highest BCUT2D eigenvalue weighted by atomic mass is 16.1. The van der Waals surface area contributed by atoms with Crippen molar-refractivity contribution in [2.45, 2.75) is 19.6 Å². The molecule has 0 spiro atoms. The van der Waals surface area contributed by atoms with E-state index in [0.717, 1.165) is 26.2 Å². The average molecular weight is 232 g/mol. The van der Waals surface area contributed by atoms with Crippen molar-refractivity contribution in [3.05, 3.63) is 35.9 Å². The van der Waals surface area contributed by atoms with E-state index in [1.165, 1.54) is 12.5 Å². The van der Waals surface area contributed by atoms with E-state index >= 15 is 0 Å². The molecule has 4 heteroatoms. The normalized spacial score (nSPS) is 21.1. The van der Waals surface area contributed by atoms with Crippen LogP contribution in [0.2, 0.25) is 0 Å². The van der Waals surface area contributed by atoms with Crippen LogP contribution >= 0.6 is 0 Å². The third kappa shape index (κ3) is 3.84. The highest BCUT2D eigenvalue weighted by Crippen LogP contribution is 2.07. The van der Waals surface area contributed by atoms with Crippen LogP contribution < -0.4 is 10.6 Å². The van der Waals surface area contributed by atoms with Gasteiger partial charge >= 0.3 is 0 Å². The Balaban J connectivity index is 1.87. The molecule has 1 saturated heterocycles. The SMILES string of the molecule is CC(=O)NC1CN(Cc2ccccc2)CC[N]1. The number of carbonyl (C=O) groups excluding carboxylic acids is 1. The number of amides is 1. The standard InChI is InChI=1S/C13H18N3O/c1-11(17)15-13-10-16(8-7-14-13)9-12-5-3-2-4-6-12/h2-6,13H,7-10H2,1H3,(H,15,17). The first-order chi connectivity index (χ1) is 8.24. The average Bonchev–Trinajstić information content (AvgIpc) is 2.30. The van der Waals surface area contributed by atoms with Gasteiger partial charge in [-0.25, -0.2) is 5.32 Å². The number of benzene rings is 1. The van der Waals surface area contributed by atoms with E-state index in [1.807, 2.05) is 6.07 Å². The topological polar surface area (TPSA) is 46.4 Å². The molecule has 0 bridgehead atoms. The minimum atomic E-state index is -0.0510. The van der Waals surface area contributed by atoms with E-state index in [1.54, 1.807) is 0 Å². The molecule has 1 aromatic carbocycles. The van der Waals surface area contributed by atoms with Crippen LogP contribution in [0.5, 0.6) is 0 Å². The Kier molecular flexibility index (Phi) is 4.12. The molecule has 1 aromatic rings. The molecule has 1 amide bonds. The number of nitrogens with one attached hydrogen (secondary N) is 1. The summed E-state index contributed by atoms with van der Waals surface area (Å²) < 4.78 is 0. The third-order valence-corrected chi connectivity index (χ3v) is 2.82. The Labute approximate surface area is 102 Å². The van der Waals surface area contributed by atoms with Crippen LogP contribution in [-0.2, 0) is 11.3 Å². The molecule has 1 heterocycles. The predicted octanol–water partition coefficient (Wildman–Crippen LogP) is 0.569. The summed E-state index contributed by atoms with van der Waals surface area (Å²) in [7, 11) is 0. The lowest BCUT2D eigenvalue weighted by Gasteiger charge is -2.32. The highest BCUT2D eigenvalue weighted by molar-refractivity contribution is 5.73. The smallest absolute Gasteiger partial charge is 0.218 e. The number of rotatable bonds is 3. The molecule has 91 valence electrons. The highest BCUT2D eigenvalue weighted by Gasteiger charge is 2.20. The van der Waals surface area contributed by atoms with Crippen LogP contribution in [-0.4, -0.2) is 36.6 Å². The van der Waals surface area contributed by atoms with Gasteiger partial charge in [0, 0.05) is 33.1 Å². The van der Waals surface area contributed by atoms with Crippen molar-refractivity contribution in [2.75, 3.05) is 19.6 Å². The predicted molar refractivity (Wildman–Crippen MR) is 66.3 cm³/mol. The van der Waals surface area contributed by atoms with Crippen molar-refractivity contribution in [2.24, 2.45) is 0 Å². The quantitative estimate of drug-likeness (QED) is 0.828. The van der Waals surface area contributed by atoms with E-state index in [-0.39, 0.29) is 12.1 Å². The summed E-state index contributed by atoms with van der Waals surface area (Å²) in [5.41, 5.74) is 1.30. The van der Waals surface area contributed by atoms with Crippen LogP contribution in [0.4, 0.5) is 0 Å². The molecular formula is C13H18N3O. The zero-order chi connectivity index (χ0) is 12.1. The molecule has 0 saturated carbocycles. The maximum Gasteiger partial charge on any atom is 0.218 e. The summed E-state index contributed by atoms with van der Waals surface area (Å²) in [4.78, 5) is 13.3. The molecule has 0 aromatic heterocycles. The van der Waals surface area contributed by atoms with Crippen molar-refractivity contribution >= 4 is 5.91 Å². The first-order valence-electron chi connectivity index (χ1n) is 5.94. The molecule has 4 nitrogen and oxygen atoms in total. The molecule has 1 radical (unpaired) electrons. The summed E-state index contributed by atoms with van der Waals surface area (Å²) in [6.45, 7) is 5.01. The zero-order valence-electron chi connectivity index (χ0n) is 10.1. The fourth-order valence-corrected chi connectivity index (χ4v) is 2.06. The molecule has 1 fully saturated rings. The van der Waals surface area contributed by atoms with Gasteiger partial charge in [0.25, 0.3) is 0 Å². The molecule has 17 heavy (non-hydrogen) atoms. The second-order valence-corrected chi connectivity index (χ2v) is 4.34. The van der Waals surface area contributed by atoms with Crippen molar-refractivity contribution in [1.82, 2.24) is 15.5 Å². The van der Waals surface area contributed by atoms with Crippen LogP contribution in [0.3, 0.4) is 0 Å². The Morgan fingerprint density at radius 2 is 2.24 bits per heavy atom. The van der Waals surface area contributed by atoms with Gasteiger partial charge in [-0.1, -0.05) is 30.3 Å². The summed E-state index contributed by atoms with van der Waals surface area (Å²) in [6.07, 6.45) is -0.0510. The molecule has 1 unspecified atom stereocenters. The summed E-state index contributed by atoms with van der Waals surface area (Å²) in [5, 5.41) is 7.24. The van der Waals surface area contributed by atoms with Gasteiger partial charge in [-0.05, 0) is 5.56 Å². The van der Waals surface area contributed by atoms with Gasteiger partial charge in [-0.15, -0.1) is 0 Å². The minimum absolute atomic E-state index is 0.0136. The van der Waals surface area contributed by atoms with E-state index in [9.17, 15) is 4.79 Å². The van der Waals surface area contributed by atoms with Gasteiger partial charge in [-0.2, -0.15) is 0 Å². The third-order valence-electron chi connectivity index (χ3n) is 2.82. The fourth-order valence-electron chi connectivity index (χ4n) is 2.06. The molecule has 1 aliphatic heterocycles. The van der Waals surface area contributed by atoms with Crippen LogP contribution in [0.1, 0.15) is 12.5 Å². The van der Waals surface area contributed by atoms with E-state index in [0.29, 0.717) is 0 Å². The first-order valence-corrected chi connectivity index (χ1v) is 5.94. The number of hydrogen-bond acceptors (Lipinski definition) is 2. The van der Waals surface area contributed by atoms with E-state index in [4.69, 9.17) is 0 Å². The number of nitrogens with zero attached hydrogens (tertiary/aromatic N) is 2. The Morgan fingerprint density at radius 3 is 2.94 bits per heavy atom. The van der Waals surface area contributed by atoms with Crippen molar-refractivity contribution < 1.29 is 4.79 Å². The molecule has 1 N–H and O–H groups in total. The minimum Gasteiger partial charge on any atom is -0.338 e. The Morgan fingerprint density at radius 1 is 1.47 bits per heavy atom. The molecule has 2 rings (SSSR count). The van der Waals surface area contributed by atoms with Gasteiger partial charge in [0.05, 0.1) is 0 Å². The Bertz CT molecular complexity index is 366. The van der Waals surface area contributed by atoms with Gasteiger partial charge in [0.1, 0.15) is 6.17 Å². The number of piperazine rings is 1. The number of carbonyl (C=O) groups is 1. The maximum absolute atomic E-state index is 11.0. The second-order valence-electron chi connectivity index (χ2n) is 4.34. The van der Waals surface area contributed by atoms with Crippen molar-refractivity contribution in [3.63, 3.8) is 0 Å². The lowest BCUT2D eigenvalue weighted by Crippen LogP contribution is -2.54. The lowest BCUT2D eigenvalue weighted by atomic mass is 10.2. The maximum atomic E-state index is 11.0. The monoisotopic (exact) mass is 232 g/mol. The largest absolute Gasteiger partial charge is 0.338 e. The number of hydrogen-bond donors (Lipinski definition) is 1. The van der Waals surface area contributed by atoms with Gasteiger partial charge < -0.3 is 5.32 Å². The molecule has 0 aliphatic carbocycles. The summed E-state index contributed by atoms with van der Waals surface area (Å²) in [6, 6.07) is 10.4. The van der Waals surface area contributed by atoms with Gasteiger partial charge in [-0.3, -0.25) is 9.69 Å². The fraction of sp³-hybridized carbons (Fsp3) is 0.462. The van der Waals surface area contributed by atoms with Crippen LogP contribution in [0.15, 0.2) is 30.3 Å². The summed E-state index contributed by atoms with van der Waals surface area (Å²) in [5.74, 6) is -0.0136. The van der Waals surface area contributed by atoms with Crippen molar-refractivity contribution in [1.29, 1.82) is 0 Å². The zero-order valence-corrected chi connectivity index (χ0v) is 10.1. The Hall–Kier alpha value is -1.39. The molecular weight excluding hydrogens is 214 g/mol.